The molecule has 0 amide bonds. The van der Waals surface area contributed by atoms with Gasteiger partial charge in [-0.3, -0.25) is 0 Å². The first-order valence-corrected chi connectivity index (χ1v) is 6.95. The van der Waals surface area contributed by atoms with Crippen LogP contribution in [0.5, 0.6) is 5.75 Å². The van der Waals surface area contributed by atoms with E-state index < -0.39 is 0 Å². The molecule has 1 aromatic carbocycles. The van der Waals surface area contributed by atoms with Crippen LogP contribution in [-0.2, 0) is 0 Å². The van der Waals surface area contributed by atoms with E-state index in [1.54, 1.807) is 18.4 Å². The van der Waals surface area contributed by atoms with E-state index >= 15 is 0 Å². The predicted octanol–water partition coefficient (Wildman–Crippen LogP) is 3.05. The summed E-state index contributed by atoms with van der Waals surface area (Å²) in [7, 11) is 3.60. The van der Waals surface area contributed by atoms with Crippen LogP contribution >= 0.6 is 11.3 Å². The van der Waals surface area contributed by atoms with Gasteiger partial charge in [-0.1, -0.05) is 6.07 Å². The summed E-state index contributed by atoms with van der Waals surface area (Å²) in [4.78, 5) is 11.5. The lowest BCUT2D eigenvalue weighted by atomic mass is 10.2. The Balaban J connectivity index is 2.11. The van der Waals surface area contributed by atoms with Crippen molar-refractivity contribution in [2.75, 3.05) is 24.8 Å². The van der Waals surface area contributed by atoms with Gasteiger partial charge in [-0.05, 0) is 23.6 Å². The first kappa shape index (κ1) is 12.7. The lowest BCUT2D eigenvalue weighted by Gasteiger charge is -2.19. The minimum absolute atomic E-state index is 0.282. The van der Waals surface area contributed by atoms with E-state index in [-0.39, 0.29) is 5.95 Å². The van der Waals surface area contributed by atoms with E-state index in [1.165, 1.54) is 0 Å². The van der Waals surface area contributed by atoms with E-state index in [0.717, 1.165) is 27.5 Å². The van der Waals surface area contributed by atoms with Crippen molar-refractivity contribution >= 4 is 39.0 Å². The van der Waals surface area contributed by atoms with Crippen LogP contribution < -0.4 is 15.4 Å². The summed E-state index contributed by atoms with van der Waals surface area (Å²) in [6.07, 6.45) is 0. The van der Waals surface area contributed by atoms with Crippen molar-refractivity contribution in [2.45, 2.75) is 0 Å². The van der Waals surface area contributed by atoms with Gasteiger partial charge in [-0.25, -0.2) is 4.98 Å². The summed E-state index contributed by atoms with van der Waals surface area (Å²) < 4.78 is 5.26. The molecule has 0 bridgehead atoms. The molecular formula is C14H14N4OS. The van der Waals surface area contributed by atoms with Crippen LogP contribution in [0.1, 0.15) is 0 Å². The summed E-state index contributed by atoms with van der Waals surface area (Å²) in [6.45, 7) is 0. The quantitative estimate of drug-likeness (QED) is 0.801. The largest absolute Gasteiger partial charge is 0.497 e. The van der Waals surface area contributed by atoms with Gasteiger partial charge in [0.1, 0.15) is 16.4 Å². The normalized spacial score (nSPS) is 10.7. The molecule has 3 aromatic rings. The van der Waals surface area contributed by atoms with Crippen molar-refractivity contribution in [2.24, 2.45) is 0 Å². The Morgan fingerprint density at radius 1 is 1.25 bits per heavy atom. The first-order chi connectivity index (χ1) is 9.69. The van der Waals surface area contributed by atoms with E-state index in [9.17, 15) is 0 Å². The third-order valence-corrected chi connectivity index (χ3v) is 3.89. The van der Waals surface area contributed by atoms with E-state index in [4.69, 9.17) is 10.5 Å². The average molecular weight is 286 g/mol. The molecule has 0 radical (unpaired) electrons. The Labute approximate surface area is 120 Å². The van der Waals surface area contributed by atoms with Gasteiger partial charge in [0.05, 0.1) is 12.5 Å². The third-order valence-electron chi connectivity index (χ3n) is 3.08. The molecule has 2 N–H and O–H groups in total. The highest BCUT2D eigenvalue weighted by Crippen LogP contribution is 2.32. The zero-order chi connectivity index (χ0) is 14.1. The number of ether oxygens (including phenoxy) is 1. The number of rotatable bonds is 3. The predicted molar refractivity (Wildman–Crippen MR) is 82.9 cm³/mol. The molecule has 0 aliphatic rings. The molecule has 0 saturated carbocycles. The summed E-state index contributed by atoms with van der Waals surface area (Å²) in [5.41, 5.74) is 6.77. The molecule has 102 valence electrons. The standard InChI is InChI=1S/C14H14N4OS/c1-18(9-4-3-5-10(8-9)19-2)12-11-6-7-20-13(11)17-14(15)16-12/h3-8H,1-2H3,(H2,15,16,17). The molecule has 0 aliphatic carbocycles. The summed E-state index contributed by atoms with van der Waals surface area (Å²) in [6, 6.07) is 9.81. The SMILES string of the molecule is COc1cccc(N(C)c2nc(N)nc3sccc23)c1. The van der Waals surface area contributed by atoms with Crippen molar-refractivity contribution in [3.63, 3.8) is 0 Å². The van der Waals surface area contributed by atoms with E-state index in [1.807, 2.05) is 47.7 Å². The maximum atomic E-state index is 5.79. The molecule has 20 heavy (non-hydrogen) atoms. The number of benzene rings is 1. The lowest BCUT2D eigenvalue weighted by molar-refractivity contribution is 0.415. The van der Waals surface area contributed by atoms with Crippen molar-refractivity contribution in [1.82, 2.24) is 9.97 Å². The number of fused-ring (bicyclic) bond motifs is 1. The number of hydrogen-bond donors (Lipinski definition) is 1. The molecule has 2 aromatic heterocycles. The van der Waals surface area contributed by atoms with Gasteiger partial charge in [0.25, 0.3) is 0 Å². The Morgan fingerprint density at radius 3 is 2.90 bits per heavy atom. The minimum atomic E-state index is 0.282. The average Bonchev–Trinajstić information content (AvgIpc) is 2.93. The highest BCUT2D eigenvalue weighted by Gasteiger charge is 2.13. The van der Waals surface area contributed by atoms with Crippen LogP contribution in [0.25, 0.3) is 10.2 Å². The van der Waals surface area contributed by atoms with Gasteiger partial charge in [-0.15, -0.1) is 11.3 Å². The maximum absolute atomic E-state index is 5.79. The number of hydrogen-bond acceptors (Lipinski definition) is 6. The zero-order valence-electron chi connectivity index (χ0n) is 11.2. The molecule has 0 atom stereocenters. The van der Waals surface area contributed by atoms with E-state index in [0.29, 0.717) is 0 Å². The number of anilines is 3. The molecule has 2 heterocycles. The molecule has 0 unspecified atom stereocenters. The number of thiophene rings is 1. The number of nitrogens with two attached hydrogens (primary N) is 1. The van der Waals surface area contributed by atoms with Gasteiger partial charge < -0.3 is 15.4 Å². The molecular weight excluding hydrogens is 272 g/mol. The molecule has 3 rings (SSSR count). The number of aromatic nitrogens is 2. The van der Waals surface area contributed by atoms with Crippen LogP contribution in [-0.4, -0.2) is 24.1 Å². The monoisotopic (exact) mass is 286 g/mol. The second-order valence-corrected chi connectivity index (χ2v) is 5.20. The molecule has 0 aliphatic heterocycles. The molecule has 5 nitrogen and oxygen atoms in total. The molecule has 0 saturated heterocycles. The number of nitrogen functional groups attached to an aromatic ring is 1. The van der Waals surface area contributed by atoms with Gasteiger partial charge in [-0.2, -0.15) is 4.98 Å². The number of methoxy groups -OCH3 is 1. The lowest BCUT2D eigenvalue weighted by Crippen LogP contribution is -2.13. The fourth-order valence-corrected chi connectivity index (χ4v) is 2.82. The Kier molecular flexibility index (Phi) is 3.15. The summed E-state index contributed by atoms with van der Waals surface area (Å²) >= 11 is 1.55. The topological polar surface area (TPSA) is 64.3 Å². The van der Waals surface area contributed by atoms with Crippen LogP contribution in [0.15, 0.2) is 35.7 Å². The van der Waals surface area contributed by atoms with Gasteiger partial charge in [0, 0.05) is 18.8 Å². The maximum Gasteiger partial charge on any atom is 0.223 e. The number of nitrogens with zero attached hydrogens (tertiary/aromatic N) is 3. The van der Waals surface area contributed by atoms with Crippen molar-refractivity contribution < 1.29 is 4.74 Å². The van der Waals surface area contributed by atoms with Crippen molar-refractivity contribution in [1.29, 1.82) is 0 Å². The molecule has 6 heteroatoms. The van der Waals surface area contributed by atoms with E-state index in [2.05, 4.69) is 9.97 Å². The smallest absolute Gasteiger partial charge is 0.223 e. The van der Waals surface area contributed by atoms with Crippen LogP contribution in [0, 0.1) is 0 Å². The summed E-state index contributed by atoms with van der Waals surface area (Å²) in [5, 5.41) is 2.98. The van der Waals surface area contributed by atoms with Crippen molar-refractivity contribution in [3.05, 3.63) is 35.7 Å². The first-order valence-electron chi connectivity index (χ1n) is 6.07. The van der Waals surface area contributed by atoms with Gasteiger partial charge >= 0.3 is 0 Å². The fraction of sp³-hybridized carbons (Fsp3) is 0.143. The third kappa shape index (κ3) is 2.14. The second-order valence-electron chi connectivity index (χ2n) is 4.31. The van der Waals surface area contributed by atoms with Crippen LogP contribution in [0.3, 0.4) is 0 Å². The molecule has 0 fully saturated rings. The van der Waals surface area contributed by atoms with Gasteiger partial charge in [0.15, 0.2) is 0 Å². The van der Waals surface area contributed by atoms with Crippen LogP contribution in [0.2, 0.25) is 0 Å². The Morgan fingerprint density at radius 2 is 2.10 bits per heavy atom. The molecule has 0 spiro atoms. The van der Waals surface area contributed by atoms with Gasteiger partial charge in [0.2, 0.25) is 5.95 Å². The minimum Gasteiger partial charge on any atom is -0.497 e. The second kappa shape index (κ2) is 4.97. The highest BCUT2D eigenvalue weighted by atomic mass is 32.1. The highest BCUT2D eigenvalue weighted by molar-refractivity contribution is 7.16. The fourth-order valence-electron chi connectivity index (χ4n) is 2.05. The van der Waals surface area contributed by atoms with Crippen molar-refractivity contribution in [3.8, 4) is 5.75 Å². The Bertz CT molecular complexity index is 756. The van der Waals surface area contributed by atoms with Crippen LogP contribution in [0.4, 0.5) is 17.5 Å². The zero-order valence-corrected chi connectivity index (χ0v) is 12.0. The summed E-state index contributed by atoms with van der Waals surface area (Å²) in [5.74, 6) is 1.88. The Hall–Kier alpha value is -2.34.